The van der Waals surface area contributed by atoms with Crippen LogP contribution in [0.1, 0.15) is 134 Å². The number of carbonyl (C=O) groups is 8. The molecule has 4 aromatic carbocycles. The Morgan fingerprint density at radius 2 is 1.65 bits per heavy atom. The average Bonchev–Trinajstić information content (AvgIpc) is 1.91. The summed E-state index contributed by atoms with van der Waals surface area (Å²) in [7, 11) is -5.06. The zero-order chi connectivity index (χ0) is 63.4. The van der Waals surface area contributed by atoms with Gasteiger partial charge in [-0.05, 0) is 128 Å². The predicted molar refractivity (Wildman–Crippen MR) is 332 cm³/mol. The Morgan fingerprint density at radius 1 is 0.909 bits per heavy atom. The molecule has 7 atom stereocenters. The summed E-state index contributed by atoms with van der Waals surface area (Å²) in [6, 6.07) is 18.8. The van der Waals surface area contributed by atoms with Crippen LogP contribution in [0.15, 0.2) is 90.4 Å². The molecule has 7 amide bonds. The number of aromatic amines is 1. The largest absolute Gasteiger partial charge is 0.491 e. The van der Waals surface area contributed by atoms with Crippen molar-refractivity contribution in [3.05, 3.63) is 135 Å². The molecule has 0 aliphatic carbocycles. The molecule has 5 heterocycles. The van der Waals surface area contributed by atoms with Crippen molar-refractivity contribution in [1.29, 1.82) is 0 Å². The number of unbranched alkanes of at least 4 members (excludes halogenated alkanes) is 2. The molecule has 0 bridgehead atoms. The molecule has 22 nitrogen and oxygen atoms in total. The second-order valence-corrected chi connectivity index (χ2v) is 26.8. The number of carbonyl (C=O) groups excluding carboxylic acids is 8. The van der Waals surface area contributed by atoms with E-state index in [-0.39, 0.29) is 74.9 Å². The Labute approximate surface area is 517 Å². The van der Waals surface area contributed by atoms with E-state index in [2.05, 4.69) is 31.2 Å². The first-order chi connectivity index (χ1) is 41.7. The van der Waals surface area contributed by atoms with Crippen LogP contribution in [0.3, 0.4) is 0 Å². The van der Waals surface area contributed by atoms with Crippen LogP contribution in [0.25, 0.3) is 21.3 Å². The number of primary amides is 1. The normalized spacial score (nSPS) is 18.4. The van der Waals surface area contributed by atoms with Crippen molar-refractivity contribution in [3.8, 4) is 16.2 Å². The van der Waals surface area contributed by atoms with Crippen LogP contribution in [-0.2, 0) is 52.6 Å². The molecule has 9 rings (SSSR count). The number of hydrogen-bond donors (Lipinski definition) is 9. The van der Waals surface area contributed by atoms with Gasteiger partial charge in [0.2, 0.25) is 35.4 Å². The van der Waals surface area contributed by atoms with Gasteiger partial charge in [0.15, 0.2) is 0 Å². The minimum absolute atomic E-state index is 0.0261. The summed E-state index contributed by atoms with van der Waals surface area (Å²) in [5, 5.41) is 23.2. The number of nitrogens with two attached hydrogens (primary N) is 1. The fourth-order valence-electron chi connectivity index (χ4n) is 11.7. The highest BCUT2D eigenvalue weighted by atomic mass is 35.5. The molecule has 25 heteroatoms. The predicted octanol–water partition coefficient (Wildman–Crippen LogP) is 6.88. The van der Waals surface area contributed by atoms with Gasteiger partial charge >= 0.3 is 7.60 Å². The monoisotopic (exact) mass is 1260 g/mol. The molecule has 0 spiro atoms. The van der Waals surface area contributed by atoms with Gasteiger partial charge in [0.1, 0.15) is 42.2 Å². The maximum absolute atomic E-state index is 14.6. The average molecular weight is 1260 g/mol. The zero-order valence-electron chi connectivity index (χ0n) is 49.5. The first kappa shape index (κ1) is 64.7. The maximum Gasteiger partial charge on any atom is 0.396 e. The number of para-hydroxylation sites is 1. The second-order valence-electron chi connectivity index (χ2n) is 24.0. The molecule has 466 valence electrons. The van der Waals surface area contributed by atoms with Crippen LogP contribution in [0.5, 0.6) is 5.75 Å². The number of rotatable bonds is 24. The second kappa shape index (κ2) is 27.3. The van der Waals surface area contributed by atoms with Crippen molar-refractivity contribution < 1.29 is 62.6 Å². The van der Waals surface area contributed by atoms with E-state index in [0.29, 0.717) is 59.5 Å². The number of aliphatic hydroxyl groups is 1. The third-order valence-corrected chi connectivity index (χ3v) is 18.3. The van der Waals surface area contributed by atoms with E-state index in [9.17, 15) is 57.8 Å². The number of nitrogens with one attached hydrogen (secondary N) is 5. The van der Waals surface area contributed by atoms with Crippen molar-refractivity contribution in [3.63, 3.8) is 0 Å². The smallest absolute Gasteiger partial charge is 0.396 e. The topological polar surface area (TPSA) is 333 Å². The molecule has 0 radical (unpaired) electrons. The molecule has 1 saturated heterocycles. The summed E-state index contributed by atoms with van der Waals surface area (Å²) in [4.78, 5) is 139. The molecular formula is C63H73ClN9O13PS. The highest BCUT2D eigenvalue weighted by molar-refractivity contribution is 7.70. The lowest BCUT2D eigenvalue weighted by atomic mass is 9.85. The molecule has 88 heavy (non-hydrogen) atoms. The molecule has 0 saturated carbocycles. The number of amides is 7. The third kappa shape index (κ3) is 15.4. The van der Waals surface area contributed by atoms with E-state index in [1.807, 2.05) is 83.1 Å². The van der Waals surface area contributed by atoms with Gasteiger partial charge in [0, 0.05) is 53.7 Å². The Morgan fingerprint density at radius 3 is 2.35 bits per heavy atom. The SMILES string of the molecule is Cc1ncsc1-c1ccc([C@H](C)NC(=O)[C@@H]2C[C@@H](O)CN2C(=O)[C@@H](NC(=O)CCCCCc2cc(Cl)cc(OC[C@H](CCC(N)=O)NC(=O)[C@@H]3Cc4cccc5c4N3C(=O)[C@@H](NC(=O)c3cc4cc(C(=O)P(=O)(O)O)ccc4[nH]3)CC5)c2)C(C)(C)C)cc1. The number of nitrogens with zero attached hydrogens (tertiary/aromatic N) is 3. The number of anilines is 1. The standard InChI is InChI=1S/C63H73ClN9O13PS/c1-34(37-14-16-39(17-15-37)55-35(2)66-33-88-55)67-58(78)50-30-45(74)31-72(50)61(81)56(63(3,4)5)71-53(76)13-8-6-7-10-36-24-43(64)29-46(25-36)86-32-44(20-23-52(65)75)68-59(79)51-28-40-12-9-11-38-18-22-48(60(80)73(51)54(38)40)70-57(77)49-27-42-26-41(19-21-47(42)69-49)62(82)87(83,84)85/h9,11-12,14-17,19,21,24-27,29,33-34,44-45,48,50-51,56,69,74H,6-8,10,13,18,20,22-23,28,30-32H2,1-5H3,(H2,65,75)(H,67,78)(H,68,79)(H,70,77)(H,71,76)(H2,83,84,85)/t34-,44-,45+,48-,50-,51-,56+/m0/s1. The van der Waals surface area contributed by atoms with Gasteiger partial charge in [0.05, 0.1) is 40.0 Å². The number of aromatic nitrogens is 2. The van der Waals surface area contributed by atoms with Gasteiger partial charge in [-0.15, -0.1) is 11.3 Å². The summed E-state index contributed by atoms with van der Waals surface area (Å²) in [6.07, 6.45) is 2.46. The van der Waals surface area contributed by atoms with Crippen LogP contribution in [-0.4, -0.2) is 126 Å². The number of aryl methyl sites for hydroxylation is 3. The highest BCUT2D eigenvalue weighted by Gasteiger charge is 2.46. The van der Waals surface area contributed by atoms with E-state index < -0.39 is 90.3 Å². The number of benzene rings is 4. The van der Waals surface area contributed by atoms with Gasteiger partial charge in [-0.25, -0.2) is 4.98 Å². The van der Waals surface area contributed by atoms with E-state index in [1.54, 1.807) is 29.0 Å². The number of hydrogen-bond acceptors (Lipinski definition) is 13. The van der Waals surface area contributed by atoms with E-state index in [1.165, 1.54) is 34.1 Å². The van der Waals surface area contributed by atoms with Crippen molar-refractivity contribution in [2.45, 2.75) is 148 Å². The fraction of sp³-hybridized carbons (Fsp3) is 0.413. The highest BCUT2D eigenvalue weighted by Crippen LogP contribution is 2.41. The number of thiazole rings is 1. The molecule has 1 fully saturated rings. The van der Waals surface area contributed by atoms with Crippen LogP contribution < -0.4 is 36.6 Å². The summed E-state index contributed by atoms with van der Waals surface area (Å²) in [5.74, 6) is -3.07. The molecular weight excluding hydrogens is 1190 g/mol. The third-order valence-electron chi connectivity index (χ3n) is 16.3. The summed E-state index contributed by atoms with van der Waals surface area (Å²) < 4.78 is 17.8. The number of aliphatic hydroxyl groups excluding tert-OH is 1. The maximum atomic E-state index is 14.6. The number of halogens is 1. The van der Waals surface area contributed by atoms with Gasteiger partial charge in [-0.3, -0.25) is 47.8 Å². The lowest BCUT2D eigenvalue weighted by molar-refractivity contribution is -0.144. The molecule has 6 aromatic rings. The van der Waals surface area contributed by atoms with Gasteiger partial charge < -0.3 is 56.5 Å². The van der Waals surface area contributed by atoms with Crippen molar-refractivity contribution in [2.24, 2.45) is 11.1 Å². The van der Waals surface area contributed by atoms with Crippen LogP contribution in [0, 0.1) is 12.3 Å². The fourth-order valence-corrected chi connectivity index (χ4v) is 13.2. The molecule has 3 aliphatic rings. The van der Waals surface area contributed by atoms with Crippen LogP contribution in [0.4, 0.5) is 5.69 Å². The number of ether oxygens (including phenoxy) is 1. The summed E-state index contributed by atoms with van der Waals surface area (Å²) in [6.45, 7) is 9.18. The number of H-pyrrole nitrogens is 1. The zero-order valence-corrected chi connectivity index (χ0v) is 51.9. The van der Waals surface area contributed by atoms with Crippen molar-refractivity contribution in [2.75, 3.05) is 18.1 Å². The lowest BCUT2D eigenvalue weighted by Gasteiger charge is -2.35. The van der Waals surface area contributed by atoms with Crippen LogP contribution >= 0.6 is 30.5 Å². The van der Waals surface area contributed by atoms with Gasteiger partial charge in [-0.1, -0.05) is 81.3 Å². The quantitative estimate of drug-likeness (QED) is 0.0221. The Hall–Kier alpha value is -7.79. The molecule has 0 unspecified atom stereocenters. The first-order valence-corrected chi connectivity index (χ1v) is 32.2. The van der Waals surface area contributed by atoms with Crippen molar-refractivity contribution in [1.82, 2.24) is 36.1 Å². The number of β-amino-alcohol motifs (C(OH)–C–C–N with tert-alkyl or cyclic N) is 1. The summed E-state index contributed by atoms with van der Waals surface area (Å²) in [5.41, 5.74) is 11.3. The van der Waals surface area contributed by atoms with Gasteiger partial charge in [-0.2, -0.15) is 0 Å². The molecule has 10 N–H and O–H groups in total. The minimum atomic E-state index is -5.06. The Kier molecular flexibility index (Phi) is 20.1. The molecule has 3 aliphatic heterocycles. The lowest BCUT2D eigenvalue weighted by Crippen LogP contribution is -2.57. The van der Waals surface area contributed by atoms with E-state index >= 15 is 0 Å². The minimum Gasteiger partial charge on any atom is -0.491 e. The Bertz CT molecular complexity index is 3710. The number of fused-ring (bicyclic) bond motifs is 1. The van der Waals surface area contributed by atoms with E-state index in [0.717, 1.165) is 38.4 Å². The van der Waals surface area contributed by atoms with Crippen LogP contribution in [0.2, 0.25) is 5.02 Å². The van der Waals surface area contributed by atoms with Crippen molar-refractivity contribution >= 4 is 94.0 Å². The first-order valence-electron chi connectivity index (χ1n) is 29.3. The Balaban J connectivity index is 0.769. The van der Waals surface area contributed by atoms with E-state index in [4.69, 9.17) is 22.1 Å². The number of likely N-dealkylation sites (tertiary alicyclic amines) is 1. The molecule has 2 aromatic heterocycles. The van der Waals surface area contributed by atoms with Gasteiger partial charge in [0.25, 0.3) is 11.4 Å². The summed E-state index contributed by atoms with van der Waals surface area (Å²) >= 11 is 8.15.